The summed E-state index contributed by atoms with van der Waals surface area (Å²) in [6.45, 7) is 4.10. The largest absolute Gasteiger partial charge is 0.493 e. The van der Waals surface area contributed by atoms with Gasteiger partial charge in [0.2, 0.25) is 0 Å². The molecular formula is C27H28O4. The number of para-hydroxylation sites is 1. The maximum Gasteiger partial charge on any atom is 0.161 e. The van der Waals surface area contributed by atoms with Gasteiger partial charge in [0, 0.05) is 22.6 Å². The van der Waals surface area contributed by atoms with E-state index in [2.05, 4.69) is 25.1 Å². The van der Waals surface area contributed by atoms with Gasteiger partial charge in [0.05, 0.1) is 20.3 Å². The molecule has 3 aromatic carbocycles. The number of methoxy groups -OCH3 is 2. The lowest BCUT2D eigenvalue weighted by Crippen LogP contribution is -2.25. The van der Waals surface area contributed by atoms with Crippen LogP contribution in [-0.2, 0) is 0 Å². The van der Waals surface area contributed by atoms with E-state index in [9.17, 15) is 5.11 Å². The maximum atomic E-state index is 11.2. The van der Waals surface area contributed by atoms with Crippen molar-refractivity contribution < 1.29 is 19.3 Å². The molecule has 0 bridgehead atoms. The van der Waals surface area contributed by atoms with Gasteiger partial charge in [-0.3, -0.25) is 0 Å². The molecule has 0 aliphatic carbocycles. The van der Waals surface area contributed by atoms with Crippen molar-refractivity contribution >= 4 is 5.76 Å². The Morgan fingerprint density at radius 3 is 2.26 bits per heavy atom. The second-order valence-corrected chi connectivity index (χ2v) is 7.71. The van der Waals surface area contributed by atoms with Gasteiger partial charge in [-0.15, -0.1) is 0 Å². The van der Waals surface area contributed by atoms with Crippen LogP contribution < -0.4 is 14.2 Å². The SMILES string of the molecule is CC[C@H](O)C1=C(c2ccc(OC)c(OC)c2)Oc2ccccc2[C@@H]1c1ccccc1C. The number of hydrogen-bond donors (Lipinski definition) is 1. The molecule has 0 amide bonds. The average Bonchev–Trinajstić information content (AvgIpc) is 2.82. The van der Waals surface area contributed by atoms with Crippen LogP contribution in [0.5, 0.6) is 17.2 Å². The van der Waals surface area contributed by atoms with Crippen molar-refractivity contribution in [2.24, 2.45) is 0 Å². The summed E-state index contributed by atoms with van der Waals surface area (Å²) in [6.07, 6.45) is -0.0684. The number of aliphatic hydroxyl groups excluding tert-OH is 1. The second kappa shape index (κ2) is 8.86. The Hall–Kier alpha value is -3.24. The highest BCUT2D eigenvalue weighted by Crippen LogP contribution is 2.48. The van der Waals surface area contributed by atoms with Crippen LogP contribution in [-0.4, -0.2) is 25.4 Å². The van der Waals surface area contributed by atoms with E-state index in [0.29, 0.717) is 23.7 Å². The molecule has 31 heavy (non-hydrogen) atoms. The number of aryl methyl sites for hydroxylation is 1. The zero-order valence-electron chi connectivity index (χ0n) is 18.4. The maximum absolute atomic E-state index is 11.2. The van der Waals surface area contributed by atoms with E-state index in [1.54, 1.807) is 14.2 Å². The predicted molar refractivity (Wildman–Crippen MR) is 123 cm³/mol. The highest BCUT2D eigenvalue weighted by molar-refractivity contribution is 5.74. The van der Waals surface area contributed by atoms with Gasteiger partial charge in [0.1, 0.15) is 11.5 Å². The number of ether oxygens (including phenoxy) is 3. The molecule has 0 saturated carbocycles. The van der Waals surface area contributed by atoms with Crippen molar-refractivity contribution in [2.45, 2.75) is 32.3 Å². The number of rotatable bonds is 6. The minimum atomic E-state index is -0.652. The molecule has 1 aliphatic rings. The van der Waals surface area contributed by atoms with E-state index < -0.39 is 6.10 Å². The topological polar surface area (TPSA) is 47.9 Å². The van der Waals surface area contributed by atoms with Gasteiger partial charge in [-0.05, 0) is 48.7 Å². The van der Waals surface area contributed by atoms with E-state index in [1.807, 2.05) is 55.5 Å². The molecule has 160 valence electrons. The third-order valence-electron chi connectivity index (χ3n) is 5.91. The van der Waals surface area contributed by atoms with Crippen LogP contribution in [0.4, 0.5) is 0 Å². The molecule has 1 aliphatic heterocycles. The summed E-state index contributed by atoms with van der Waals surface area (Å²) in [5.41, 5.74) is 5.11. The first-order chi connectivity index (χ1) is 15.1. The van der Waals surface area contributed by atoms with Crippen molar-refractivity contribution in [3.05, 3.63) is 94.6 Å². The lowest BCUT2D eigenvalue weighted by atomic mass is 9.77. The number of fused-ring (bicyclic) bond motifs is 1. The summed E-state index contributed by atoms with van der Waals surface area (Å²) >= 11 is 0. The van der Waals surface area contributed by atoms with Gasteiger partial charge in [-0.25, -0.2) is 0 Å². The summed E-state index contributed by atoms with van der Waals surface area (Å²) in [7, 11) is 3.23. The zero-order chi connectivity index (χ0) is 22.0. The molecule has 0 radical (unpaired) electrons. The fraction of sp³-hybridized carbons (Fsp3) is 0.259. The summed E-state index contributed by atoms with van der Waals surface area (Å²) < 4.78 is 17.4. The fourth-order valence-corrected chi connectivity index (χ4v) is 4.29. The van der Waals surface area contributed by atoms with E-state index in [0.717, 1.165) is 22.4 Å². The zero-order valence-corrected chi connectivity index (χ0v) is 18.4. The van der Waals surface area contributed by atoms with Gasteiger partial charge < -0.3 is 19.3 Å². The van der Waals surface area contributed by atoms with Crippen molar-refractivity contribution in [2.75, 3.05) is 14.2 Å². The number of benzene rings is 3. The minimum absolute atomic E-state index is 0.107. The van der Waals surface area contributed by atoms with Crippen LogP contribution in [0, 0.1) is 6.92 Å². The molecule has 0 unspecified atom stereocenters. The highest BCUT2D eigenvalue weighted by atomic mass is 16.5. The third kappa shape index (κ3) is 3.79. The molecule has 0 aromatic heterocycles. The smallest absolute Gasteiger partial charge is 0.161 e. The Labute approximate surface area is 183 Å². The fourth-order valence-electron chi connectivity index (χ4n) is 4.29. The number of aliphatic hydroxyl groups is 1. The van der Waals surface area contributed by atoms with Gasteiger partial charge in [-0.2, -0.15) is 0 Å². The van der Waals surface area contributed by atoms with Crippen LogP contribution in [0.15, 0.2) is 72.3 Å². The summed E-state index contributed by atoms with van der Waals surface area (Å²) in [5.74, 6) is 2.63. The van der Waals surface area contributed by atoms with E-state index in [-0.39, 0.29) is 5.92 Å². The molecule has 2 atom stereocenters. The molecule has 0 fully saturated rings. The van der Waals surface area contributed by atoms with Crippen molar-refractivity contribution in [3.8, 4) is 17.2 Å². The van der Waals surface area contributed by atoms with Crippen LogP contribution in [0.1, 0.15) is 41.5 Å². The molecule has 4 nitrogen and oxygen atoms in total. The van der Waals surface area contributed by atoms with Crippen LogP contribution in [0.3, 0.4) is 0 Å². The first-order valence-electron chi connectivity index (χ1n) is 10.6. The van der Waals surface area contributed by atoms with Crippen LogP contribution >= 0.6 is 0 Å². The second-order valence-electron chi connectivity index (χ2n) is 7.71. The third-order valence-corrected chi connectivity index (χ3v) is 5.91. The monoisotopic (exact) mass is 416 g/mol. The van der Waals surface area contributed by atoms with Gasteiger partial charge in [-0.1, -0.05) is 49.4 Å². The van der Waals surface area contributed by atoms with E-state index in [4.69, 9.17) is 14.2 Å². The standard InChI is InChI=1S/C27H28O4/c1-5-21(28)26-25(19-11-7-6-10-17(19)2)20-12-8-9-13-22(20)31-27(26)18-14-15-23(29-3)24(16-18)30-4/h6-16,21,25,28H,5H2,1-4H3/t21-,25-/m0/s1. The van der Waals surface area contributed by atoms with Gasteiger partial charge in [0.15, 0.2) is 11.5 Å². The predicted octanol–water partition coefficient (Wildman–Crippen LogP) is 5.72. The molecule has 3 aromatic rings. The summed E-state index contributed by atoms with van der Waals surface area (Å²) in [6, 6.07) is 22.1. The van der Waals surface area contributed by atoms with Gasteiger partial charge >= 0.3 is 0 Å². The van der Waals surface area contributed by atoms with E-state index in [1.165, 1.54) is 11.1 Å². The first kappa shape index (κ1) is 21.0. The van der Waals surface area contributed by atoms with Crippen LogP contribution in [0.2, 0.25) is 0 Å². The Balaban J connectivity index is 2.00. The number of hydrogen-bond acceptors (Lipinski definition) is 4. The molecule has 4 heteroatoms. The average molecular weight is 417 g/mol. The summed E-state index contributed by atoms with van der Waals surface area (Å²) in [5, 5.41) is 11.2. The highest BCUT2D eigenvalue weighted by Gasteiger charge is 2.35. The molecule has 1 heterocycles. The molecule has 0 saturated heterocycles. The minimum Gasteiger partial charge on any atom is -0.493 e. The molecule has 1 N–H and O–H groups in total. The van der Waals surface area contributed by atoms with Crippen molar-refractivity contribution in [3.63, 3.8) is 0 Å². The van der Waals surface area contributed by atoms with Crippen molar-refractivity contribution in [1.82, 2.24) is 0 Å². The first-order valence-corrected chi connectivity index (χ1v) is 10.6. The summed E-state index contributed by atoms with van der Waals surface area (Å²) in [4.78, 5) is 0. The Morgan fingerprint density at radius 1 is 0.903 bits per heavy atom. The van der Waals surface area contributed by atoms with E-state index >= 15 is 0 Å². The lowest BCUT2D eigenvalue weighted by molar-refractivity contribution is 0.197. The normalized spacial score (nSPS) is 16.4. The van der Waals surface area contributed by atoms with Crippen LogP contribution in [0.25, 0.3) is 5.76 Å². The molecule has 4 rings (SSSR count). The molecule has 0 spiro atoms. The quantitative estimate of drug-likeness (QED) is 0.558. The van der Waals surface area contributed by atoms with Crippen molar-refractivity contribution in [1.29, 1.82) is 0 Å². The Bertz CT molecular complexity index is 1120. The lowest BCUT2D eigenvalue weighted by Gasteiger charge is -2.34. The Kier molecular flexibility index (Phi) is 6.01. The van der Waals surface area contributed by atoms with Gasteiger partial charge in [0.25, 0.3) is 0 Å². The molecular weight excluding hydrogens is 388 g/mol. The Morgan fingerprint density at radius 2 is 1.58 bits per heavy atom.